The van der Waals surface area contributed by atoms with Crippen molar-refractivity contribution >= 4 is 11.3 Å². The highest BCUT2D eigenvalue weighted by Gasteiger charge is 2.06. The summed E-state index contributed by atoms with van der Waals surface area (Å²) in [6, 6.07) is 21.1. The van der Waals surface area contributed by atoms with Crippen LogP contribution >= 0.6 is 11.3 Å². The molecule has 2 aromatic carbocycles. The maximum atomic E-state index is 5.78. The van der Waals surface area contributed by atoms with Crippen LogP contribution in [0.5, 0.6) is 11.5 Å². The van der Waals surface area contributed by atoms with Crippen LogP contribution in [0.1, 0.15) is 39.5 Å². The van der Waals surface area contributed by atoms with Crippen molar-refractivity contribution in [2.45, 2.75) is 39.5 Å². The van der Waals surface area contributed by atoms with Gasteiger partial charge < -0.3 is 9.47 Å². The van der Waals surface area contributed by atoms with E-state index < -0.39 is 0 Å². The molecule has 0 aliphatic rings. The average molecular weight is 433 g/mol. The Hall–Kier alpha value is -2.78. The standard InChI is InChI=1S/C28H32O2S/c1-3-5-7-9-21-29-25-15-11-23(12-16-25)27-19-20-28(31-27)24-13-17-26(18-14-24)30-22-10-8-6-4-2/h7-20H,3-6,21-22H2,1-2H3/b9-7+,10-8+. The Kier molecular flexibility index (Phi) is 9.46. The molecule has 1 aromatic heterocycles. The molecule has 0 fully saturated rings. The van der Waals surface area contributed by atoms with Crippen LogP contribution in [0.3, 0.4) is 0 Å². The molecular formula is C28H32O2S. The first-order valence-corrected chi connectivity index (χ1v) is 12.0. The van der Waals surface area contributed by atoms with Crippen LogP contribution in [0.15, 0.2) is 85.0 Å². The minimum Gasteiger partial charge on any atom is -0.490 e. The number of allylic oxidation sites excluding steroid dienone is 2. The van der Waals surface area contributed by atoms with E-state index in [1.165, 1.54) is 33.7 Å². The van der Waals surface area contributed by atoms with Gasteiger partial charge in [-0.05, 0) is 84.6 Å². The predicted octanol–water partition coefficient (Wildman–Crippen LogP) is 8.55. The molecule has 0 saturated heterocycles. The Bertz CT molecular complexity index is 871. The maximum absolute atomic E-state index is 5.78. The van der Waals surface area contributed by atoms with Crippen molar-refractivity contribution in [1.29, 1.82) is 0 Å². The monoisotopic (exact) mass is 432 g/mol. The molecule has 0 unspecified atom stereocenters. The van der Waals surface area contributed by atoms with E-state index in [0.717, 1.165) is 24.3 Å². The molecule has 0 saturated carbocycles. The van der Waals surface area contributed by atoms with Crippen LogP contribution in [-0.2, 0) is 0 Å². The van der Waals surface area contributed by atoms with Crippen molar-refractivity contribution in [2.24, 2.45) is 0 Å². The molecule has 0 amide bonds. The summed E-state index contributed by atoms with van der Waals surface area (Å²) in [5.41, 5.74) is 2.42. The topological polar surface area (TPSA) is 18.5 Å². The van der Waals surface area contributed by atoms with E-state index in [1.807, 2.05) is 24.3 Å². The molecule has 162 valence electrons. The van der Waals surface area contributed by atoms with Gasteiger partial charge in [-0.25, -0.2) is 0 Å². The number of ether oxygens (including phenoxy) is 2. The molecule has 31 heavy (non-hydrogen) atoms. The molecule has 0 aliphatic heterocycles. The van der Waals surface area contributed by atoms with Gasteiger partial charge >= 0.3 is 0 Å². The Balaban J connectivity index is 1.56. The van der Waals surface area contributed by atoms with Gasteiger partial charge in [0.1, 0.15) is 24.7 Å². The maximum Gasteiger partial charge on any atom is 0.119 e. The van der Waals surface area contributed by atoms with Gasteiger partial charge in [0.05, 0.1) is 0 Å². The van der Waals surface area contributed by atoms with Crippen LogP contribution in [0.2, 0.25) is 0 Å². The summed E-state index contributed by atoms with van der Waals surface area (Å²) in [6.45, 7) is 5.60. The van der Waals surface area contributed by atoms with Gasteiger partial charge in [-0.3, -0.25) is 0 Å². The lowest BCUT2D eigenvalue weighted by Gasteiger charge is -2.05. The molecule has 3 heteroatoms. The normalized spacial score (nSPS) is 11.4. The van der Waals surface area contributed by atoms with E-state index in [2.05, 4.69) is 74.5 Å². The fourth-order valence-corrected chi connectivity index (χ4v) is 4.09. The predicted molar refractivity (Wildman–Crippen MR) is 134 cm³/mol. The Morgan fingerprint density at radius 1 is 0.581 bits per heavy atom. The molecule has 3 rings (SSSR count). The molecular weight excluding hydrogens is 400 g/mol. The number of thiophene rings is 1. The highest BCUT2D eigenvalue weighted by molar-refractivity contribution is 7.18. The van der Waals surface area contributed by atoms with Gasteiger partial charge in [0.25, 0.3) is 0 Å². The zero-order valence-electron chi connectivity index (χ0n) is 18.6. The average Bonchev–Trinajstić information content (AvgIpc) is 3.30. The third-order valence-electron chi connectivity index (χ3n) is 4.82. The van der Waals surface area contributed by atoms with Crippen LogP contribution in [0, 0.1) is 0 Å². The molecule has 1 heterocycles. The molecule has 0 atom stereocenters. The number of benzene rings is 2. The Morgan fingerprint density at radius 2 is 1.00 bits per heavy atom. The van der Waals surface area contributed by atoms with E-state index >= 15 is 0 Å². The highest BCUT2D eigenvalue weighted by atomic mass is 32.1. The lowest BCUT2D eigenvalue weighted by molar-refractivity contribution is 0.362. The van der Waals surface area contributed by atoms with E-state index in [9.17, 15) is 0 Å². The van der Waals surface area contributed by atoms with E-state index in [0.29, 0.717) is 13.2 Å². The first kappa shape index (κ1) is 22.9. The molecule has 0 aliphatic carbocycles. The van der Waals surface area contributed by atoms with Gasteiger partial charge in [0.2, 0.25) is 0 Å². The summed E-state index contributed by atoms with van der Waals surface area (Å²) in [5, 5.41) is 0. The second kappa shape index (κ2) is 12.8. The first-order chi connectivity index (χ1) is 15.3. The Labute approximate surface area is 190 Å². The van der Waals surface area contributed by atoms with Gasteiger partial charge in [-0.15, -0.1) is 11.3 Å². The van der Waals surface area contributed by atoms with Gasteiger partial charge in [0.15, 0.2) is 0 Å². The first-order valence-electron chi connectivity index (χ1n) is 11.2. The quantitative estimate of drug-likeness (QED) is 0.267. The summed E-state index contributed by atoms with van der Waals surface area (Å²) < 4.78 is 11.6. The number of rotatable bonds is 12. The lowest BCUT2D eigenvalue weighted by Crippen LogP contribution is -1.92. The van der Waals surface area contributed by atoms with E-state index in [1.54, 1.807) is 11.3 Å². The molecule has 0 N–H and O–H groups in total. The van der Waals surface area contributed by atoms with Crippen molar-refractivity contribution in [2.75, 3.05) is 13.2 Å². The second-order valence-electron chi connectivity index (χ2n) is 7.35. The lowest BCUT2D eigenvalue weighted by atomic mass is 10.1. The third-order valence-corrected chi connectivity index (χ3v) is 6.00. The summed E-state index contributed by atoms with van der Waals surface area (Å²) in [4.78, 5) is 2.51. The van der Waals surface area contributed by atoms with Crippen molar-refractivity contribution in [3.63, 3.8) is 0 Å². The van der Waals surface area contributed by atoms with E-state index in [4.69, 9.17) is 9.47 Å². The molecule has 0 spiro atoms. The summed E-state index contributed by atoms with van der Waals surface area (Å²) in [5.74, 6) is 1.81. The summed E-state index contributed by atoms with van der Waals surface area (Å²) in [6.07, 6.45) is 13.1. The molecule has 0 bridgehead atoms. The number of hydrogen-bond donors (Lipinski definition) is 0. The Morgan fingerprint density at radius 3 is 1.39 bits per heavy atom. The number of unbranched alkanes of at least 4 members (excludes halogenated alkanes) is 2. The van der Waals surface area contributed by atoms with Crippen molar-refractivity contribution in [3.8, 4) is 32.4 Å². The van der Waals surface area contributed by atoms with Crippen LogP contribution in [0.4, 0.5) is 0 Å². The van der Waals surface area contributed by atoms with Crippen LogP contribution in [0.25, 0.3) is 20.9 Å². The fraction of sp³-hybridized carbons (Fsp3) is 0.286. The van der Waals surface area contributed by atoms with Gasteiger partial charge in [-0.2, -0.15) is 0 Å². The highest BCUT2D eigenvalue weighted by Crippen LogP contribution is 2.35. The largest absolute Gasteiger partial charge is 0.490 e. The van der Waals surface area contributed by atoms with Crippen molar-refractivity contribution in [3.05, 3.63) is 85.0 Å². The molecule has 2 nitrogen and oxygen atoms in total. The zero-order chi connectivity index (χ0) is 21.7. The van der Waals surface area contributed by atoms with Crippen molar-refractivity contribution < 1.29 is 9.47 Å². The van der Waals surface area contributed by atoms with Gasteiger partial charge in [-0.1, -0.05) is 51.0 Å². The molecule has 0 radical (unpaired) electrons. The van der Waals surface area contributed by atoms with Crippen LogP contribution in [-0.4, -0.2) is 13.2 Å². The second-order valence-corrected chi connectivity index (χ2v) is 8.44. The smallest absolute Gasteiger partial charge is 0.119 e. The zero-order valence-corrected chi connectivity index (χ0v) is 19.4. The third kappa shape index (κ3) is 7.45. The number of hydrogen-bond acceptors (Lipinski definition) is 3. The SMILES string of the molecule is CCC/C=C/COc1ccc(-c2ccc(-c3ccc(OC/C=C/CCC)cc3)s2)cc1. The fourth-order valence-electron chi connectivity index (χ4n) is 3.07. The summed E-state index contributed by atoms with van der Waals surface area (Å²) >= 11 is 1.80. The minimum absolute atomic E-state index is 0.622. The summed E-state index contributed by atoms with van der Waals surface area (Å²) in [7, 11) is 0. The minimum atomic E-state index is 0.622. The van der Waals surface area contributed by atoms with Crippen LogP contribution < -0.4 is 9.47 Å². The molecule has 3 aromatic rings. The van der Waals surface area contributed by atoms with Crippen molar-refractivity contribution in [1.82, 2.24) is 0 Å². The van der Waals surface area contributed by atoms with E-state index in [-0.39, 0.29) is 0 Å². The van der Waals surface area contributed by atoms with Gasteiger partial charge in [0, 0.05) is 9.75 Å².